The van der Waals surface area contributed by atoms with E-state index >= 15 is 0 Å². The first-order valence-electron chi connectivity index (χ1n) is 7.32. The minimum Gasteiger partial charge on any atom is -0.376 e. The number of rotatable bonds is 5. The third kappa shape index (κ3) is 3.20. The number of anilines is 1. The molecule has 1 aliphatic rings. The molecule has 6 nitrogen and oxygen atoms in total. The van der Waals surface area contributed by atoms with Gasteiger partial charge in [0, 0.05) is 51.0 Å². The predicted molar refractivity (Wildman–Crippen MR) is 82.4 cm³/mol. The van der Waals surface area contributed by atoms with Gasteiger partial charge in [-0.05, 0) is 27.2 Å². The lowest BCUT2D eigenvalue weighted by atomic mass is 9.78. The summed E-state index contributed by atoms with van der Waals surface area (Å²) in [6.07, 6.45) is 2.58. The van der Waals surface area contributed by atoms with Gasteiger partial charge in [-0.3, -0.25) is 9.89 Å². The Morgan fingerprint density at radius 1 is 1.57 bits per heavy atom. The predicted octanol–water partition coefficient (Wildman–Crippen LogP) is 1.57. The number of carbonyl (C=O) groups is 1. The van der Waals surface area contributed by atoms with E-state index in [1.54, 1.807) is 19.1 Å². The summed E-state index contributed by atoms with van der Waals surface area (Å²) in [5.74, 6) is 0.978. The van der Waals surface area contributed by atoms with Crippen LogP contribution >= 0.6 is 0 Å². The van der Waals surface area contributed by atoms with Crippen molar-refractivity contribution in [3.05, 3.63) is 11.8 Å². The number of piperidine rings is 1. The second kappa shape index (κ2) is 5.67. The summed E-state index contributed by atoms with van der Waals surface area (Å²) in [5, 5.41) is 7.38. The van der Waals surface area contributed by atoms with Crippen molar-refractivity contribution in [1.29, 1.82) is 0 Å². The van der Waals surface area contributed by atoms with Crippen molar-refractivity contribution in [3.63, 3.8) is 0 Å². The highest BCUT2D eigenvalue weighted by Gasteiger charge is 2.45. The number of aromatic nitrogens is 2. The minimum atomic E-state index is -0.291. The summed E-state index contributed by atoms with van der Waals surface area (Å²) in [7, 11) is 3.54. The van der Waals surface area contributed by atoms with Crippen molar-refractivity contribution in [2.24, 2.45) is 0 Å². The van der Waals surface area contributed by atoms with Gasteiger partial charge in [-0.15, -0.1) is 0 Å². The quantitative estimate of drug-likeness (QED) is 0.837. The molecule has 21 heavy (non-hydrogen) atoms. The zero-order valence-corrected chi connectivity index (χ0v) is 13.6. The van der Waals surface area contributed by atoms with E-state index in [0.717, 1.165) is 37.3 Å². The maximum atomic E-state index is 10.9. The zero-order chi connectivity index (χ0) is 15.7. The maximum Gasteiger partial charge on any atom is 0.209 e. The van der Waals surface area contributed by atoms with Gasteiger partial charge in [0.1, 0.15) is 0 Å². The molecule has 0 aliphatic carbocycles. The van der Waals surface area contributed by atoms with Crippen LogP contribution in [0.15, 0.2) is 6.07 Å². The van der Waals surface area contributed by atoms with Crippen LogP contribution in [0.25, 0.3) is 0 Å². The minimum absolute atomic E-state index is 0.0837. The summed E-state index contributed by atoms with van der Waals surface area (Å²) < 4.78 is 5.82. The van der Waals surface area contributed by atoms with Crippen LogP contribution in [0, 0.1) is 6.92 Å². The Morgan fingerprint density at radius 3 is 2.76 bits per heavy atom. The van der Waals surface area contributed by atoms with Crippen LogP contribution in [0.1, 0.15) is 32.4 Å². The van der Waals surface area contributed by atoms with Gasteiger partial charge < -0.3 is 14.5 Å². The number of aromatic amines is 1. The number of H-pyrrole nitrogens is 1. The van der Waals surface area contributed by atoms with E-state index in [1.165, 1.54) is 0 Å². The Hall–Kier alpha value is -1.56. The molecule has 6 heteroatoms. The molecule has 0 bridgehead atoms. The monoisotopic (exact) mass is 294 g/mol. The van der Waals surface area contributed by atoms with Crippen LogP contribution in [0.5, 0.6) is 0 Å². The fraction of sp³-hybridized carbons (Fsp3) is 0.733. The summed E-state index contributed by atoms with van der Waals surface area (Å²) in [6, 6.07) is 2.07. The van der Waals surface area contributed by atoms with E-state index in [9.17, 15) is 4.79 Å². The second-order valence-corrected chi connectivity index (χ2v) is 6.71. The van der Waals surface area contributed by atoms with Crippen molar-refractivity contribution in [3.8, 4) is 0 Å². The van der Waals surface area contributed by atoms with Crippen LogP contribution in [0.3, 0.4) is 0 Å². The van der Waals surface area contributed by atoms with Gasteiger partial charge in [0.25, 0.3) is 0 Å². The molecule has 0 spiro atoms. The summed E-state index contributed by atoms with van der Waals surface area (Å²) in [6.45, 7) is 7.88. The smallest absolute Gasteiger partial charge is 0.209 e. The topological polar surface area (TPSA) is 61.5 Å². The van der Waals surface area contributed by atoms with Gasteiger partial charge in [0.05, 0.1) is 5.60 Å². The van der Waals surface area contributed by atoms with Gasteiger partial charge in [-0.25, -0.2) is 0 Å². The maximum absolute atomic E-state index is 10.9. The molecule has 118 valence electrons. The number of nitrogens with zero attached hydrogens (tertiary/aromatic N) is 3. The highest BCUT2D eigenvalue weighted by molar-refractivity contribution is 5.47. The number of amides is 1. The fourth-order valence-corrected chi connectivity index (χ4v) is 3.42. The molecule has 0 saturated carbocycles. The Bertz CT molecular complexity index is 500. The van der Waals surface area contributed by atoms with Crippen LogP contribution in [0.2, 0.25) is 0 Å². The SMILES string of the molecule is COC1(CN(C)C=O)CCN(c2cc(C)[nH]n2)C(C)(C)C1. The molecular weight excluding hydrogens is 268 g/mol. The summed E-state index contributed by atoms with van der Waals surface area (Å²) in [4.78, 5) is 14.9. The number of ether oxygens (including phenoxy) is 1. The first-order valence-corrected chi connectivity index (χ1v) is 7.32. The molecule has 1 amide bonds. The first kappa shape index (κ1) is 15.8. The Morgan fingerprint density at radius 2 is 2.29 bits per heavy atom. The molecule has 1 aliphatic heterocycles. The summed E-state index contributed by atoms with van der Waals surface area (Å²) >= 11 is 0. The molecule has 0 radical (unpaired) electrons. The molecule has 1 aromatic rings. The molecule has 1 aromatic heterocycles. The van der Waals surface area contributed by atoms with Crippen molar-refractivity contribution in [2.75, 3.05) is 32.1 Å². The van der Waals surface area contributed by atoms with Crippen LogP contribution in [-0.2, 0) is 9.53 Å². The number of aryl methyl sites for hydroxylation is 1. The second-order valence-electron chi connectivity index (χ2n) is 6.71. The number of likely N-dealkylation sites (N-methyl/N-ethyl adjacent to an activating group) is 1. The first-order chi connectivity index (χ1) is 9.82. The molecule has 0 aromatic carbocycles. The van der Waals surface area contributed by atoms with Crippen molar-refractivity contribution < 1.29 is 9.53 Å². The van der Waals surface area contributed by atoms with Crippen molar-refractivity contribution in [1.82, 2.24) is 15.1 Å². The average molecular weight is 294 g/mol. The molecule has 1 atom stereocenters. The number of nitrogens with one attached hydrogen (secondary N) is 1. The fourth-order valence-electron chi connectivity index (χ4n) is 3.42. The van der Waals surface area contributed by atoms with Crippen LogP contribution < -0.4 is 4.90 Å². The third-order valence-corrected chi connectivity index (χ3v) is 4.40. The van der Waals surface area contributed by atoms with E-state index in [4.69, 9.17) is 4.74 Å². The van der Waals surface area contributed by atoms with Crippen LogP contribution in [0.4, 0.5) is 5.82 Å². The number of hydrogen-bond donors (Lipinski definition) is 1. The van der Waals surface area contributed by atoms with E-state index in [0.29, 0.717) is 6.54 Å². The van der Waals surface area contributed by atoms with E-state index in [2.05, 4.69) is 35.0 Å². The molecule has 2 rings (SSSR count). The summed E-state index contributed by atoms with van der Waals surface area (Å²) in [5.41, 5.74) is 0.686. The lowest BCUT2D eigenvalue weighted by molar-refractivity contribution is -0.123. The number of carbonyl (C=O) groups excluding carboxylic acids is 1. The Balaban J connectivity index is 2.19. The lowest BCUT2D eigenvalue weighted by Crippen LogP contribution is -2.60. The molecule has 1 fully saturated rings. The van der Waals surface area contributed by atoms with Crippen molar-refractivity contribution in [2.45, 2.75) is 44.8 Å². The lowest BCUT2D eigenvalue weighted by Gasteiger charge is -2.51. The highest BCUT2D eigenvalue weighted by atomic mass is 16.5. The number of methoxy groups -OCH3 is 1. The van der Waals surface area contributed by atoms with Crippen LogP contribution in [-0.4, -0.2) is 59.9 Å². The highest BCUT2D eigenvalue weighted by Crippen LogP contribution is 2.39. The largest absolute Gasteiger partial charge is 0.376 e. The molecular formula is C15H26N4O2. The molecule has 1 unspecified atom stereocenters. The normalized spacial score (nSPS) is 24.9. The van der Waals surface area contributed by atoms with Gasteiger partial charge in [-0.1, -0.05) is 0 Å². The van der Waals surface area contributed by atoms with Gasteiger partial charge in [0.15, 0.2) is 5.82 Å². The molecule has 1 N–H and O–H groups in total. The average Bonchev–Trinajstić information content (AvgIpc) is 2.83. The van der Waals surface area contributed by atoms with Gasteiger partial charge in [0.2, 0.25) is 6.41 Å². The molecule has 2 heterocycles. The Labute approximate surface area is 126 Å². The van der Waals surface area contributed by atoms with Gasteiger partial charge in [-0.2, -0.15) is 5.10 Å². The van der Waals surface area contributed by atoms with E-state index in [-0.39, 0.29) is 11.1 Å². The van der Waals surface area contributed by atoms with Gasteiger partial charge >= 0.3 is 0 Å². The van der Waals surface area contributed by atoms with E-state index in [1.807, 2.05) is 6.92 Å². The zero-order valence-electron chi connectivity index (χ0n) is 13.6. The Kier molecular flexibility index (Phi) is 4.27. The number of hydrogen-bond acceptors (Lipinski definition) is 4. The van der Waals surface area contributed by atoms with Crippen molar-refractivity contribution >= 4 is 12.2 Å². The third-order valence-electron chi connectivity index (χ3n) is 4.40. The molecule has 1 saturated heterocycles. The van der Waals surface area contributed by atoms with E-state index < -0.39 is 0 Å². The standard InChI is InChI=1S/C15H26N4O2/c1-12-8-13(17-16-12)19-7-6-15(21-5,9-14(19,2)3)10-18(4)11-20/h8,11H,6-7,9-10H2,1-5H3,(H,16,17).